The smallest absolute Gasteiger partial charge is 0.251 e. The highest BCUT2D eigenvalue weighted by atomic mass is 16.5. The molecule has 5 nitrogen and oxygen atoms in total. The third-order valence-electron chi connectivity index (χ3n) is 5.30. The van der Waals surface area contributed by atoms with Gasteiger partial charge in [-0.3, -0.25) is 4.79 Å². The lowest BCUT2D eigenvalue weighted by Gasteiger charge is -2.17. The third-order valence-corrected chi connectivity index (χ3v) is 5.30. The van der Waals surface area contributed by atoms with E-state index in [9.17, 15) is 4.79 Å². The molecule has 0 bridgehead atoms. The van der Waals surface area contributed by atoms with E-state index in [2.05, 4.69) is 16.8 Å². The first-order chi connectivity index (χ1) is 15.0. The number of imidazole rings is 1. The van der Waals surface area contributed by atoms with Crippen molar-refractivity contribution in [2.75, 3.05) is 6.61 Å². The maximum atomic E-state index is 12.8. The fourth-order valence-corrected chi connectivity index (χ4v) is 3.68. The van der Waals surface area contributed by atoms with E-state index in [1.165, 1.54) is 5.56 Å². The minimum Gasteiger partial charge on any atom is -0.492 e. The fourth-order valence-electron chi connectivity index (χ4n) is 3.68. The van der Waals surface area contributed by atoms with Crippen LogP contribution in [-0.2, 0) is 6.54 Å². The molecule has 1 heterocycles. The van der Waals surface area contributed by atoms with Crippen LogP contribution in [0.1, 0.15) is 40.3 Å². The lowest BCUT2D eigenvalue weighted by atomic mass is 10.1. The number of ether oxygens (including phenoxy) is 1. The number of benzene rings is 3. The van der Waals surface area contributed by atoms with Gasteiger partial charge in [0.1, 0.15) is 18.2 Å². The minimum atomic E-state index is -0.250. The lowest BCUT2D eigenvalue weighted by molar-refractivity contribution is 0.0937. The average Bonchev–Trinajstić information content (AvgIpc) is 3.14. The summed E-state index contributed by atoms with van der Waals surface area (Å²) in [4.78, 5) is 17.6. The molecule has 0 aliphatic rings. The molecule has 0 fully saturated rings. The lowest BCUT2D eigenvalue weighted by Crippen LogP contribution is -2.29. The van der Waals surface area contributed by atoms with Crippen molar-refractivity contribution in [2.45, 2.75) is 33.4 Å². The molecular weight excluding hydrogens is 386 g/mol. The average molecular weight is 414 g/mol. The van der Waals surface area contributed by atoms with Crippen molar-refractivity contribution in [2.24, 2.45) is 0 Å². The number of carbonyl (C=O) groups is 1. The predicted octanol–water partition coefficient (Wildman–Crippen LogP) is 5.22. The van der Waals surface area contributed by atoms with Gasteiger partial charge >= 0.3 is 0 Å². The number of hydrogen-bond acceptors (Lipinski definition) is 3. The standard InChI is InChI=1S/C26H27N3O2/c1-18-11-13-22(14-12-18)31-16-15-29-24-10-5-4-9-23(24)28-25(29)20(3)27-26(30)21-8-6-7-19(2)17-21/h4-14,17,20H,15-16H2,1-3H3,(H,27,30). The molecule has 0 spiro atoms. The monoisotopic (exact) mass is 413 g/mol. The zero-order valence-corrected chi connectivity index (χ0v) is 18.1. The Kier molecular flexibility index (Phi) is 6.03. The highest BCUT2D eigenvalue weighted by Crippen LogP contribution is 2.22. The van der Waals surface area contributed by atoms with Crippen LogP contribution >= 0.6 is 0 Å². The molecule has 1 atom stereocenters. The van der Waals surface area contributed by atoms with Gasteiger partial charge in [-0.05, 0) is 57.2 Å². The topological polar surface area (TPSA) is 56.1 Å². The van der Waals surface area contributed by atoms with Crippen LogP contribution in [0.5, 0.6) is 5.75 Å². The van der Waals surface area contributed by atoms with E-state index in [0.29, 0.717) is 18.7 Å². The van der Waals surface area contributed by atoms with Crippen molar-refractivity contribution < 1.29 is 9.53 Å². The quantitative estimate of drug-likeness (QED) is 0.452. The van der Waals surface area contributed by atoms with Crippen molar-refractivity contribution in [1.29, 1.82) is 0 Å². The summed E-state index contributed by atoms with van der Waals surface area (Å²) in [6.45, 7) is 7.14. The van der Waals surface area contributed by atoms with Gasteiger partial charge in [0.25, 0.3) is 5.91 Å². The summed E-state index contributed by atoms with van der Waals surface area (Å²) in [6, 6.07) is 23.4. The van der Waals surface area contributed by atoms with Gasteiger partial charge in [-0.15, -0.1) is 0 Å². The summed E-state index contributed by atoms with van der Waals surface area (Å²) in [5, 5.41) is 3.09. The van der Waals surface area contributed by atoms with E-state index in [1.807, 2.05) is 86.6 Å². The third kappa shape index (κ3) is 4.77. The molecular formula is C26H27N3O2. The summed E-state index contributed by atoms with van der Waals surface area (Å²) in [5.41, 5.74) is 4.84. The van der Waals surface area contributed by atoms with Gasteiger partial charge in [-0.2, -0.15) is 0 Å². The Morgan fingerprint density at radius 3 is 2.55 bits per heavy atom. The van der Waals surface area contributed by atoms with Crippen LogP contribution in [-0.4, -0.2) is 22.1 Å². The van der Waals surface area contributed by atoms with Gasteiger partial charge in [0.15, 0.2) is 0 Å². The number of aryl methyl sites for hydroxylation is 2. The molecule has 5 heteroatoms. The molecule has 1 unspecified atom stereocenters. The molecule has 1 N–H and O–H groups in total. The number of carbonyl (C=O) groups excluding carboxylic acids is 1. The van der Waals surface area contributed by atoms with Gasteiger partial charge in [0.2, 0.25) is 0 Å². The molecule has 0 aliphatic carbocycles. The van der Waals surface area contributed by atoms with Gasteiger partial charge < -0.3 is 14.6 Å². The molecule has 0 saturated carbocycles. The zero-order valence-electron chi connectivity index (χ0n) is 18.1. The van der Waals surface area contributed by atoms with Gasteiger partial charge in [-0.25, -0.2) is 4.98 Å². The fraction of sp³-hybridized carbons (Fsp3) is 0.231. The van der Waals surface area contributed by atoms with Crippen molar-refractivity contribution in [3.8, 4) is 5.75 Å². The maximum Gasteiger partial charge on any atom is 0.251 e. The second-order valence-corrected chi connectivity index (χ2v) is 7.84. The highest BCUT2D eigenvalue weighted by Gasteiger charge is 2.19. The summed E-state index contributed by atoms with van der Waals surface area (Å²) in [6.07, 6.45) is 0. The first kappa shape index (κ1) is 20.7. The van der Waals surface area contributed by atoms with Crippen LogP contribution in [0.4, 0.5) is 0 Å². The first-order valence-corrected chi connectivity index (χ1v) is 10.5. The van der Waals surface area contributed by atoms with Crippen molar-refractivity contribution in [1.82, 2.24) is 14.9 Å². The zero-order chi connectivity index (χ0) is 21.8. The number of aromatic nitrogens is 2. The Bertz CT molecular complexity index is 1190. The number of nitrogens with zero attached hydrogens (tertiary/aromatic N) is 2. The highest BCUT2D eigenvalue weighted by molar-refractivity contribution is 5.94. The van der Waals surface area contributed by atoms with Crippen molar-refractivity contribution in [3.63, 3.8) is 0 Å². The molecule has 0 saturated heterocycles. The number of hydrogen-bond donors (Lipinski definition) is 1. The van der Waals surface area contributed by atoms with Gasteiger partial charge in [0, 0.05) is 5.56 Å². The SMILES string of the molecule is Cc1ccc(OCCn2c(C(C)NC(=O)c3cccc(C)c3)nc3ccccc32)cc1. The number of amides is 1. The van der Waals surface area contributed by atoms with E-state index in [0.717, 1.165) is 28.2 Å². The van der Waals surface area contributed by atoms with E-state index in [1.54, 1.807) is 0 Å². The molecule has 1 amide bonds. The number of fused-ring (bicyclic) bond motifs is 1. The van der Waals surface area contributed by atoms with Crippen LogP contribution in [0.2, 0.25) is 0 Å². The van der Waals surface area contributed by atoms with E-state index < -0.39 is 0 Å². The second kappa shape index (κ2) is 9.04. The molecule has 1 aromatic heterocycles. The first-order valence-electron chi connectivity index (χ1n) is 10.5. The van der Waals surface area contributed by atoms with Crippen LogP contribution in [0.25, 0.3) is 11.0 Å². The van der Waals surface area contributed by atoms with Crippen LogP contribution in [0, 0.1) is 13.8 Å². The van der Waals surface area contributed by atoms with Gasteiger partial charge in [-0.1, -0.05) is 47.5 Å². The Hall–Kier alpha value is -3.60. The van der Waals surface area contributed by atoms with Crippen molar-refractivity contribution >= 4 is 16.9 Å². The molecule has 4 aromatic rings. The molecule has 0 radical (unpaired) electrons. The molecule has 3 aromatic carbocycles. The Morgan fingerprint density at radius 2 is 1.77 bits per heavy atom. The summed E-state index contributed by atoms with van der Waals surface area (Å²) in [7, 11) is 0. The maximum absolute atomic E-state index is 12.8. The molecule has 31 heavy (non-hydrogen) atoms. The Balaban J connectivity index is 1.53. The summed E-state index contributed by atoms with van der Waals surface area (Å²) >= 11 is 0. The Morgan fingerprint density at radius 1 is 1.00 bits per heavy atom. The molecule has 158 valence electrons. The number of para-hydroxylation sites is 2. The summed E-state index contributed by atoms with van der Waals surface area (Å²) in [5.74, 6) is 1.55. The normalized spacial score (nSPS) is 12.0. The van der Waals surface area contributed by atoms with E-state index in [4.69, 9.17) is 9.72 Å². The second-order valence-electron chi connectivity index (χ2n) is 7.84. The molecule has 0 aliphatic heterocycles. The number of nitrogens with one attached hydrogen (secondary N) is 1. The van der Waals surface area contributed by atoms with E-state index >= 15 is 0 Å². The van der Waals surface area contributed by atoms with Crippen LogP contribution in [0.3, 0.4) is 0 Å². The Labute approximate surface area is 182 Å². The van der Waals surface area contributed by atoms with Crippen LogP contribution < -0.4 is 10.1 Å². The largest absolute Gasteiger partial charge is 0.492 e. The minimum absolute atomic E-state index is 0.106. The predicted molar refractivity (Wildman–Crippen MR) is 123 cm³/mol. The molecule has 4 rings (SSSR count). The number of rotatable bonds is 7. The van der Waals surface area contributed by atoms with E-state index in [-0.39, 0.29) is 11.9 Å². The summed E-state index contributed by atoms with van der Waals surface area (Å²) < 4.78 is 8.08. The van der Waals surface area contributed by atoms with Gasteiger partial charge in [0.05, 0.1) is 23.6 Å². The van der Waals surface area contributed by atoms with Crippen LogP contribution in [0.15, 0.2) is 72.8 Å². The van der Waals surface area contributed by atoms with Crippen molar-refractivity contribution in [3.05, 3.63) is 95.3 Å².